The zero-order valence-electron chi connectivity index (χ0n) is 20.7. The summed E-state index contributed by atoms with van der Waals surface area (Å²) in [6.45, 7) is 0. The summed E-state index contributed by atoms with van der Waals surface area (Å²) in [5.74, 6) is 0.441. The Morgan fingerprint density at radius 3 is 2.44 bits per heavy atom. The summed E-state index contributed by atoms with van der Waals surface area (Å²) in [6.07, 6.45) is 4.36. The van der Waals surface area contributed by atoms with Gasteiger partial charge in [-0.05, 0) is 60.0 Å². The van der Waals surface area contributed by atoms with Gasteiger partial charge in [-0.3, -0.25) is 4.79 Å². The Bertz CT molecular complexity index is 1740. The molecular weight excluding hydrogens is 500 g/mol. The Morgan fingerprint density at radius 1 is 1.03 bits per heavy atom. The maximum atomic E-state index is 13.2. The first-order valence-corrected chi connectivity index (χ1v) is 11.5. The third-order valence-electron chi connectivity index (χ3n) is 5.74. The Balaban J connectivity index is 1.61. The zero-order chi connectivity index (χ0) is 27.4. The molecule has 0 aliphatic heterocycles. The van der Waals surface area contributed by atoms with Gasteiger partial charge in [-0.1, -0.05) is 0 Å². The van der Waals surface area contributed by atoms with E-state index < -0.39 is 11.7 Å². The molecule has 5 aromatic rings. The lowest BCUT2D eigenvalue weighted by Gasteiger charge is -2.12. The third kappa shape index (κ3) is 4.92. The Kier molecular flexibility index (Phi) is 6.79. The third-order valence-corrected chi connectivity index (χ3v) is 5.74. The topological polar surface area (TPSA) is 160 Å². The molecule has 0 bridgehead atoms. The van der Waals surface area contributed by atoms with Crippen molar-refractivity contribution >= 4 is 33.9 Å². The normalized spacial score (nSPS) is 10.9. The number of benzene rings is 3. The molecule has 192 valence electrons. The van der Waals surface area contributed by atoms with Gasteiger partial charge in [0.1, 0.15) is 28.8 Å². The second-order valence-electron chi connectivity index (χ2n) is 8.05. The standard InChI is InChI=1S/C27H20N8O4/c1-38-19-6-4-18(5-7-19)32-26(37)22-13-16-12-20(39-2)8-9-21(16)23(24(22)36)33-34-25-17(14-28)15-31-35(25)27-29-10-3-11-30-27/h3-13,15,36H,1-2H3,(H,32,37)/b34-33+. The molecule has 0 saturated heterocycles. The molecule has 12 nitrogen and oxygen atoms in total. The second-order valence-corrected chi connectivity index (χ2v) is 8.05. The smallest absolute Gasteiger partial charge is 0.259 e. The number of fused-ring (bicyclic) bond motifs is 1. The maximum absolute atomic E-state index is 13.2. The molecule has 0 atom stereocenters. The number of aromatic nitrogens is 4. The molecule has 12 heteroatoms. The number of rotatable bonds is 7. The number of hydrogen-bond donors (Lipinski definition) is 2. The summed E-state index contributed by atoms with van der Waals surface area (Å²) >= 11 is 0. The van der Waals surface area contributed by atoms with Gasteiger partial charge in [0.25, 0.3) is 11.9 Å². The summed E-state index contributed by atoms with van der Waals surface area (Å²) in [5.41, 5.74) is 0.589. The number of methoxy groups -OCH3 is 2. The number of phenolic OH excluding ortho intramolecular Hbond substituents is 1. The average Bonchev–Trinajstić information content (AvgIpc) is 3.39. The van der Waals surface area contributed by atoms with Crippen LogP contribution in [0.1, 0.15) is 15.9 Å². The minimum absolute atomic E-state index is 0.0145. The second kappa shape index (κ2) is 10.7. The first-order chi connectivity index (χ1) is 19.0. The summed E-state index contributed by atoms with van der Waals surface area (Å²) < 4.78 is 11.7. The fourth-order valence-corrected chi connectivity index (χ4v) is 3.79. The number of carbonyl (C=O) groups excluding carboxylic acids is 1. The van der Waals surface area contributed by atoms with Crippen LogP contribution in [0.5, 0.6) is 17.2 Å². The molecule has 2 heterocycles. The lowest BCUT2D eigenvalue weighted by atomic mass is 10.0. The van der Waals surface area contributed by atoms with Gasteiger partial charge < -0.3 is 19.9 Å². The summed E-state index contributed by atoms with van der Waals surface area (Å²) in [4.78, 5) is 21.5. The van der Waals surface area contributed by atoms with E-state index in [1.165, 1.54) is 36.4 Å². The van der Waals surface area contributed by atoms with Crippen LogP contribution in [0.15, 0.2) is 83.4 Å². The van der Waals surface area contributed by atoms with Crippen molar-refractivity contribution in [1.82, 2.24) is 19.7 Å². The number of nitrogens with one attached hydrogen (secondary N) is 1. The molecule has 0 spiro atoms. The van der Waals surface area contributed by atoms with E-state index in [1.54, 1.807) is 55.6 Å². The lowest BCUT2D eigenvalue weighted by molar-refractivity contribution is 0.102. The monoisotopic (exact) mass is 520 g/mol. The lowest BCUT2D eigenvalue weighted by Crippen LogP contribution is -2.12. The van der Waals surface area contributed by atoms with Crippen LogP contribution in [0.4, 0.5) is 17.2 Å². The number of ether oxygens (including phenoxy) is 2. The van der Waals surface area contributed by atoms with Crippen LogP contribution < -0.4 is 14.8 Å². The van der Waals surface area contributed by atoms with Crippen LogP contribution in [0.25, 0.3) is 16.7 Å². The SMILES string of the molecule is COc1ccc(NC(=O)c2cc3cc(OC)ccc3c(/N=N/c3c(C#N)cnn3-c3ncccn3)c2O)cc1. The van der Waals surface area contributed by atoms with E-state index in [-0.39, 0.29) is 28.6 Å². The van der Waals surface area contributed by atoms with E-state index in [9.17, 15) is 15.2 Å². The molecule has 0 fully saturated rings. The highest BCUT2D eigenvalue weighted by molar-refractivity contribution is 6.11. The molecule has 0 aliphatic rings. The maximum Gasteiger partial charge on any atom is 0.259 e. The molecule has 39 heavy (non-hydrogen) atoms. The van der Waals surface area contributed by atoms with Gasteiger partial charge in [0.2, 0.25) is 0 Å². The minimum Gasteiger partial charge on any atom is -0.505 e. The molecule has 3 aromatic carbocycles. The van der Waals surface area contributed by atoms with Crippen molar-refractivity contribution in [2.24, 2.45) is 10.2 Å². The minimum atomic E-state index is -0.570. The number of anilines is 1. The molecule has 1 amide bonds. The number of carbonyl (C=O) groups is 1. The van der Waals surface area contributed by atoms with Crippen molar-refractivity contribution in [1.29, 1.82) is 5.26 Å². The Hall–Kier alpha value is -5.83. The van der Waals surface area contributed by atoms with Crippen molar-refractivity contribution in [2.45, 2.75) is 0 Å². The summed E-state index contributed by atoms with van der Waals surface area (Å²) in [6, 6.07) is 17.0. The Morgan fingerprint density at radius 2 is 1.74 bits per heavy atom. The van der Waals surface area contributed by atoms with Crippen molar-refractivity contribution in [3.63, 3.8) is 0 Å². The van der Waals surface area contributed by atoms with Gasteiger partial charge >= 0.3 is 0 Å². The highest BCUT2D eigenvalue weighted by Crippen LogP contribution is 2.41. The molecule has 0 radical (unpaired) electrons. The molecule has 0 aliphatic carbocycles. The predicted molar refractivity (Wildman–Crippen MR) is 141 cm³/mol. The molecule has 2 aromatic heterocycles. The van der Waals surface area contributed by atoms with Crippen LogP contribution in [0.2, 0.25) is 0 Å². The van der Waals surface area contributed by atoms with Crippen molar-refractivity contribution in [3.8, 4) is 29.3 Å². The number of phenols is 1. The fourth-order valence-electron chi connectivity index (χ4n) is 3.79. The van der Waals surface area contributed by atoms with E-state index >= 15 is 0 Å². The first-order valence-electron chi connectivity index (χ1n) is 11.5. The van der Waals surface area contributed by atoms with E-state index in [0.717, 1.165) is 0 Å². The highest BCUT2D eigenvalue weighted by atomic mass is 16.5. The van der Waals surface area contributed by atoms with E-state index in [2.05, 4.69) is 30.6 Å². The highest BCUT2D eigenvalue weighted by Gasteiger charge is 2.20. The van der Waals surface area contributed by atoms with Gasteiger partial charge in [0.15, 0.2) is 11.6 Å². The largest absolute Gasteiger partial charge is 0.505 e. The van der Waals surface area contributed by atoms with Crippen LogP contribution in [-0.2, 0) is 0 Å². The molecular formula is C27H20N8O4. The van der Waals surface area contributed by atoms with Crippen LogP contribution >= 0.6 is 0 Å². The van der Waals surface area contributed by atoms with Crippen molar-refractivity contribution in [2.75, 3.05) is 19.5 Å². The van der Waals surface area contributed by atoms with Gasteiger partial charge in [0, 0.05) is 23.5 Å². The van der Waals surface area contributed by atoms with E-state index in [1.807, 2.05) is 6.07 Å². The predicted octanol–water partition coefficient (Wildman–Crippen LogP) is 5.08. The zero-order valence-corrected chi connectivity index (χ0v) is 20.7. The van der Waals surface area contributed by atoms with E-state index in [4.69, 9.17) is 9.47 Å². The average molecular weight is 521 g/mol. The van der Waals surface area contributed by atoms with E-state index in [0.29, 0.717) is 28.0 Å². The number of nitriles is 1. The number of aromatic hydroxyl groups is 1. The van der Waals surface area contributed by atoms with Crippen LogP contribution in [0.3, 0.4) is 0 Å². The quantitative estimate of drug-likeness (QED) is 0.281. The van der Waals surface area contributed by atoms with Gasteiger partial charge in [-0.2, -0.15) is 15.0 Å². The van der Waals surface area contributed by atoms with Crippen LogP contribution in [0, 0.1) is 11.3 Å². The first kappa shape index (κ1) is 24.8. The summed E-state index contributed by atoms with van der Waals surface area (Å²) in [7, 11) is 3.07. The molecule has 0 saturated carbocycles. The summed E-state index contributed by atoms with van der Waals surface area (Å²) in [5, 5.41) is 37.3. The Labute approximate surface area is 221 Å². The van der Waals surface area contributed by atoms with Gasteiger partial charge in [-0.25, -0.2) is 9.97 Å². The number of amides is 1. The molecule has 5 rings (SSSR count). The van der Waals surface area contributed by atoms with Gasteiger partial charge in [0.05, 0.1) is 26.0 Å². The van der Waals surface area contributed by atoms with Gasteiger partial charge in [-0.15, -0.1) is 10.2 Å². The van der Waals surface area contributed by atoms with Crippen LogP contribution in [-0.4, -0.2) is 45.0 Å². The number of nitrogens with zero attached hydrogens (tertiary/aromatic N) is 7. The van der Waals surface area contributed by atoms with Crippen molar-refractivity contribution in [3.05, 3.63) is 84.3 Å². The molecule has 0 unspecified atom stereocenters. The van der Waals surface area contributed by atoms with Crippen molar-refractivity contribution < 1.29 is 19.4 Å². The number of azo groups is 1. The number of hydrogen-bond acceptors (Lipinski definition) is 10. The fraction of sp³-hybridized carbons (Fsp3) is 0.0741. The molecule has 2 N–H and O–H groups in total.